The second-order valence-corrected chi connectivity index (χ2v) is 3.15. The van der Waals surface area contributed by atoms with E-state index in [-0.39, 0.29) is 5.82 Å². The molecule has 1 N–H and O–H groups in total. The molecule has 0 spiro atoms. The van der Waals surface area contributed by atoms with Gasteiger partial charge in [0.1, 0.15) is 5.82 Å². The standard InChI is InChI=1S/C9H10F5N3O/c1-2-15-6-3-7(18-4-5(10)11)17-8(16-6)9(12,13)14/h3,5H,2,4H2,1H3,(H,15,16,17). The van der Waals surface area contributed by atoms with Gasteiger partial charge in [-0.2, -0.15) is 18.2 Å². The zero-order valence-electron chi connectivity index (χ0n) is 9.26. The third-order valence-corrected chi connectivity index (χ3v) is 1.67. The number of hydrogen-bond donors (Lipinski definition) is 1. The van der Waals surface area contributed by atoms with E-state index in [0.29, 0.717) is 6.54 Å². The van der Waals surface area contributed by atoms with Crippen LogP contribution >= 0.6 is 0 Å². The van der Waals surface area contributed by atoms with Crippen LogP contribution < -0.4 is 10.1 Å². The molecule has 1 rings (SSSR count). The van der Waals surface area contributed by atoms with Crippen LogP contribution in [0, 0.1) is 0 Å². The zero-order valence-corrected chi connectivity index (χ0v) is 9.26. The molecule has 0 bridgehead atoms. The first-order valence-corrected chi connectivity index (χ1v) is 4.94. The Morgan fingerprint density at radius 2 is 2.00 bits per heavy atom. The summed E-state index contributed by atoms with van der Waals surface area (Å²) in [6.07, 6.45) is -7.56. The number of anilines is 1. The first-order valence-electron chi connectivity index (χ1n) is 4.94. The van der Waals surface area contributed by atoms with Crippen molar-refractivity contribution < 1.29 is 26.7 Å². The highest BCUT2D eigenvalue weighted by molar-refractivity contribution is 5.38. The fourth-order valence-corrected chi connectivity index (χ4v) is 1.05. The molecule has 0 aliphatic rings. The van der Waals surface area contributed by atoms with Crippen molar-refractivity contribution in [3.63, 3.8) is 0 Å². The van der Waals surface area contributed by atoms with Crippen LogP contribution in [0.25, 0.3) is 0 Å². The lowest BCUT2D eigenvalue weighted by Crippen LogP contribution is -2.15. The number of nitrogens with one attached hydrogen (secondary N) is 1. The SMILES string of the molecule is CCNc1cc(OCC(F)F)nc(C(F)(F)F)n1. The molecule has 0 atom stereocenters. The van der Waals surface area contributed by atoms with Gasteiger partial charge in [-0.05, 0) is 6.92 Å². The molecule has 0 fully saturated rings. The smallest absolute Gasteiger partial charge is 0.451 e. The van der Waals surface area contributed by atoms with Gasteiger partial charge < -0.3 is 10.1 Å². The van der Waals surface area contributed by atoms with E-state index in [4.69, 9.17) is 0 Å². The van der Waals surface area contributed by atoms with Crippen LogP contribution in [0.1, 0.15) is 12.7 Å². The highest BCUT2D eigenvalue weighted by Gasteiger charge is 2.35. The van der Waals surface area contributed by atoms with E-state index >= 15 is 0 Å². The van der Waals surface area contributed by atoms with Crippen LogP contribution in [0.2, 0.25) is 0 Å². The van der Waals surface area contributed by atoms with Gasteiger partial charge in [-0.15, -0.1) is 0 Å². The fourth-order valence-electron chi connectivity index (χ4n) is 1.05. The molecule has 0 aromatic carbocycles. The van der Waals surface area contributed by atoms with E-state index in [1.54, 1.807) is 6.92 Å². The summed E-state index contributed by atoms with van der Waals surface area (Å²) in [5.41, 5.74) is 0. The monoisotopic (exact) mass is 271 g/mol. The quantitative estimate of drug-likeness (QED) is 0.836. The second kappa shape index (κ2) is 5.78. The van der Waals surface area contributed by atoms with Gasteiger partial charge in [0, 0.05) is 12.6 Å². The average molecular weight is 271 g/mol. The number of nitrogens with zero attached hydrogens (tertiary/aromatic N) is 2. The average Bonchev–Trinajstić information content (AvgIpc) is 2.25. The van der Waals surface area contributed by atoms with Crippen molar-refractivity contribution in [2.24, 2.45) is 0 Å². The van der Waals surface area contributed by atoms with E-state index in [0.717, 1.165) is 6.07 Å². The third-order valence-electron chi connectivity index (χ3n) is 1.67. The summed E-state index contributed by atoms with van der Waals surface area (Å²) in [7, 11) is 0. The molecule has 0 unspecified atom stereocenters. The lowest BCUT2D eigenvalue weighted by molar-refractivity contribution is -0.145. The third kappa shape index (κ3) is 4.30. The highest BCUT2D eigenvalue weighted by atomic mass is 19.4. The van der Waals surface area contributed by atoms with Crippen molar-refractivity contribution in [2.45, 2.75) is 19.5 Å². The van der Waals surface area contributed by atoms with Crippen molar-refractivity contribution in [1.82, 2.24) is 9.97 Å². The van der Waals surface area contributed by atoms with Gasteiger partial charge in [-0.1, -0.05) is 0 Å². The minimum Gasteiger partial charge on any atom is -0.471 e. The molecule has 1 aromatic heterocycles. The zero-order chi connectivity index (χ0) is 13.8. The summed E-state index contributed by atoms with van der Waals surface area (Å²) >= 11 is 0. The van der Waals surface area contributed by atoms with Gasteiger partial charge in [0.15, 0.2) is 6.61 Å². The van der Waals surface area contributed by atoms with Gasteiger partial charge in [0.2, 0.25) is 11.7 Å². The normalized spacial score (nSPS) is 11.7. The maximum Gasteiger partial charge on any atom is 0.451 e. The molecular formula is C9H10F5N3O. The predicted molar refractivity (Wildman–Crippen MR) is 52.7 cm³/mol. The van der Waals surface area contributed by atoms with Gasteiger partial charge >= 0.3 is 6.18 Å². The Balaban J connectivity index is 2.98. The topological polar surface area (TPSA) is 47.0 Å². The molecule has 1 heterocycles. The Kier molecular flexibility index (Phi) is 4.62. The van der Waals surface area contributed by atoms with Crippen LogP contribution in [0.3, 0.4) is 0 Å². The van der Waals surface area contributed by atoms with Crippen molar-refractivity contribution in [1.29, 1.82) is 0 Å². The number of aromatic nitrogens is 2. The summed E-state index contributed by atoms with van der Waals surface area (Å²) in [4.78, 5) is 6.23. The molecule has 18 heavy (non-hydrogen) atoms. The van der Waals surface area contributed by atoms with Crippen LogP contribution in [-0.2, 0) is 6.18 Å². The summed E-state index contributed by atoms with van der Waals surface area (Å²) in [6, 6.07) is 1.03. The second-order valence-electron chi connectivity index (χ2n) is 3.15. The molecule has 1 aromatic rings. The number of hydrogen-bond acceptors (Lipinski definition) is 4. The number of ether oxygens (including phenoxy) is 1. The maximum absolute atomic E-state index is 12.4. The van der Waals surface area contributed by atoms with Crippen molar-refractivity contribution in [3.8, 4) is 5.88 Å². The molecule has 4 nitrogen and oxygen atoms in total. The van der Waals surface area contributed by atoms with Crippen LogP contribution in [0.15, 0.2) is 6.07 Å². The fraction of sp³-hybridized carbons (Fsp3) is 0.556. The Morgan fingerprint density at radius 1 is 1.33 bits per heavy atom. The molecule has 0 aliphatic carbocycles. The largest absolute Gasteiger partial charge is 0.471 e. The Hall–Kier alpha value is -1.67. The summed E-state index contributed by atoms with van der Waals surface area (Å²) < 4.78 is 65.5. The maximum atomic E-state index is 12.4. The first kappa shape index (κ1) is 14.4. The van der Waals surface area contributed by atoms with E-state index < -0.39 is 30.9 Å². The van der Waals surface area contributed by atoms with Gasteiger partial charge in [-0.25, -0.2) is 13.8 Å². The summed E-state index contributed by atoms with van der Waals surface area (Å²) in [5.74, 6) is -2.12. The Morgan fingerprint density at radius 3 is 2.50 bits per heavy atom. The minimum atomic E-state index is -4.77. The molecule has 0 saturated heterocycles. The molecule has 0 amide bonds. The molecular weight excluding hydrogens is 261 g/mol. The van der Waals surface area contributed by atoms with Crippen LogP contribution in [-0.4, -0.2) is 29.5 Å². The Labute approximate surface area is 99.2 Å². The van der Waals surface area contributed by atoms with Crippen molar-refractivity contribution >= 4 is 5.82 Å². The molecule has 0 aliphatic heterocycles. The molecule has 0 radical (unpaired) electrons. The highest BCUT2D eigenvalue weighted by Crippen LogP contribution is 2.28. The van der Waals surface area contributed by atoms with E-state index in [9.17, 15) is 22.0 Å². The molecule has 0 saturated carbocycles. The minimum absolute atomic E-state index is 0.135. The summed E-state index contributed by atoms with van der Waals surface area (Å²) in [6.45, 7) is 0.942. The van der Waals surface area contributed by atoms with Crippen LogP contribution in [0.5, 0.6) is 5.88 Å². The van der Waals surface area contributed by atoms with E-state index in [1.807, 2.05) is 0 Å². The lowest BCUT2D eigenvalue weighted by atomic mass is 10.5. The van der Waals surface area contributed by atoms with Gasteiger partial charge in [-0.3, -0.25) is 0 Å². The number of halogens is 5. The summed E-state index contributed by atoms with van der Waals surface area (Å²) in [5, 5.41) is 2.53. The molecule has 102 valence electrons. The van der Waals surface area contributed by atoms with Gasteiger partial charge in [0.05, 0.1) is 0 Å². The van der Waals surface area contributed by atoms with E-state index in [2.05, 4.69) is 20.0 Å². The van der Waals surface area contributed by atoms with Crippen molar-refractivity contribution in [3.05, 3.63) is 11.9 Å². The number of alkyl halides is 5. The first-order chi connectivity index (χ1) is 8.32. The predicted octanol–water partition coefficient (Wildman–Crippen LogP) is 2.57. The van der Waals surface area contributed by atoms with E-state index in [1.165, 1.54) is 0 Å². The number of rotatable bonds is 5. The lowest BCUT2D eigenvalue weighted by Gasteiger charge is -2.11. The van der Waals surface area contributed by atoms with Crippen LogP contribution in [0.4, 0.5) is 27.8 Å². The Bertz CT molecular complexity index is 396. The van der Waals surface area contributed by atoms with Gasteiger partial charge in [0.25, 0.3) is 6.43 Å². The molecule has 9 heteroatoms. The van der Waals surface area contributed by atoms with Crippen molar-refractivity contribution in [2.75, 3.05) is 18.5 Å².